The fraction of sp³-hybridized carbons (Fsp3) is 0.250. The minimum atomic E-state index is -0.599. The van der Waals surface area contributed by atoms with Gasteiger partial charge >= 0.3 is 0 Å². The lowest BCUT2D eigenvalue weighted by atomic mass is 10.3. The van der Waals surface area contributed by atoms with E-state index in [1.807, 2.05) is 4.40 Å². The number of fused-ring (bicyclic) bond motifs is 1. The molecule has 2 aromatic heterocycles. The van der Waals surface area contributed by atoms with Gasteiger partial charge in [0, 0.05) is 12.4 Å². The zero-order chi connectivity index (χ0) is 9.42. The number of hydrogen-bond donors (Lipinski definition) is 1. The summed E-state index contributed by atoms with van der Waals surface area (Å²) in [6.45, 7) is 1.67. The first-order chi connectivity index (χ1) is 6.20. The average Bonchev–Trinajstić information content (AvgIpc) is 2.48. The van der Waals surface area contributed by atoms with Crippen LogP contribution in [0.25, 0.3) is 5.65 Å². The van der Waals surface area contributed by atoms with E-state index in [-0.39, 0.29) is 0 Å². The maximum atomic E-state index is 9.40. The summed E-state index contributed by atoms with van der Waals surface area (Å²) in [4.78, 5) is 8.20. The van der Waals surface area contributed by atoms with Gasteiger partial charge in [0.05, 0.1) is 12.3 Å². The standard InChI is InChI=1S/C8H8BrN3O/c1-5(13)7-8-11-4-6(9)12(8)3-2-10-7/h2-5,13H,1H3. The monoisotopic (exact) mass is 241 g/mol. The van der Waals surface area contributed by atoms with Gasteiger partial charge in [-0.15, -0.1) is 0 Å². The van der Waals surface area contributed by atoms with Crippen LogP contribution in [-0.4, -0.2) is 19.5 Å². The molecule has 0 radical (unpaired) electrons. The molecule has 0 aliphatic rings. The van der Waals surface area contributed by atoms with Crippen molar-refractivity contribution in [2.45, 2.75) is 13.0 Å². The van der Waals surface area contributed by atoms with Gasteiger partial charge in [-0.2, -0.15) is 0 Å². The Morgan fingerprint density at radius 3 is 3.00 bits per heavy atom. The third kappa shape index (κ3) is 1.34. The second-order valence-electron chi connectivity index (χ2n) is 2.76. The van der Waals surface area contributed by atoms with Gasteiger partial charge in [0.2, 0.25) is 0 Å². The molecule has 1 unspecified atom stereocenters. The Labute approximate surface area is 83.4 Å². The third-order valence-corrected chi connectivity index (χ3v) is 2.39. The predicted octanol–water partition coefficient (Wildman–Crippen LogP) is 1.55. The Morgan fingerprint density at radius 1 is 1.54 bits per heavy atom. The zero-order valence-corrected chi connectivity index (χ0v) is 8.56. The molecule has 0 spiro atoms. The molecule has 4 nitrogen and oxygen atoms in total. The summed E-state index contributed by atoms with van der Waals surface area (Å²) in [5.41, 5.74) is 1.28. The Hall–Kier alpha value is -0.940. The van der Waals surface area contributed by atoms with Crippen LogP contribution in [0.4, 0.5) is 0 Å². The van der Waals surface area contributed by atoms with Crippen LogP contribution in [0.15, 0.2) is 23.2 Å². The predicted molar refractivity (Wildman–Crippen MR) is 51.3 cm³/mol. The summed E-state index contributed by atoms with van der Waals surface area (Å²) in [5.74, 6) is 0. The van der Waals surface area contributed by atoms with Crippen LogP contribution in [-0.2, 0) is 0 Å². The van der Waals surface area contributed by atoms with Crippen molar-refractivity contribution in [3.05, 3.63) is 28.9 Å². The molecule has 1 N–H and O–H groups in total. The van der Waals surface area contributed by atoms with Crippen molar-refractivity contribution in [3.8, 4) is 0 Å². The lowest BCUT2D eigenvalue weighted by Crippen LogP contribution is -1.99. The molecule has 0 aromatic carbocycles. The molecule has 2 heterocycles. The van der Waals surface area contributed by atoms with E-state index in [1.54, 1.807) is 25.5 Å². The van der Waals surface area contributed by atoms with Gasteiger partial charge in [-0.1, -0.05) is 0 Å². The molecule has 0 bridgehead atoms. The number of hydrogen-bond acceptors (Lipinski definition) is 3. The lowest BCUT2D eigenvalue weighted by molar-refractivity contribution is 0.195. The van der Waals surface area contributed by atoms with Gasteiger partial charge in [-0.25, -0.2) is 4.98 Å². The van der Waals surface area contributed by atoms with Crippen molar-refractivity contribution in [3.63, 3.8) is 0 Å². The Kier molecular flexibility index (Phi) is 2.05. The third-order valence-electron chi connectivity index (χ3n) is 1.81. The van der Waals surface area contributed by atoms with E-state index < -0.39 is 6.10 Å². The molecule has 0 amide bonds. The lowest BCUT2D eigenvalue weighted by Gasteiger charge is -2.04. The molecule has 68 valence electrons. The zero-order valence-electron chi connectivity index (χ0n) is 6.98. The van der Waals surface area contributed by atoms with Crippen LogP contribution < -0.4 is 0 Å². The van der Waals surface area contributed by atoms with E-state index in [2.05, 4.69) is 25.9 Å². The Balaban J connectivity index is 2.77. The molecule has 0 aliphatic carbocycles. The number of halogens is 1. The molecule has 0 saturated heterocycles. The first kappa shape index (κ1) is 8.65. The maximum Gasteiger partial charge on any atom is 0.162 e. The summed E-state index contributed by atoms with van der Waals surface area (Å²) in [6, 6.07) is 0. The highest BCUT2D eigenvalue weighted by atomic mass is 79.9. The highest BCUT2D eigenvalue weighted by Gasteiger charge is 2.10. The largest absolute Gasteiger partial charge is 0.387 e. The van der Waals surface area contributed by atoms with Crippen LogP contribution in [0, 0.1) is 0 Å². The number of aliphatic hydroxyl groups is 1. The van der Waals surface area contributed by atoms with E-state index in [0.29, 0.717) is 11.3 Å². The van der Waals surface area contributed by atoms with E-state index in [9.17, 15) is 5.11 Å². The number of rotatable bonds is 1. The van der Waals surface area contributed by atoms with Gasteiger partial charge in [-0.05, 0) is 22.9 Å². The van der Waals surface area contributed by atoms with E-state index >= 15 is 0 Å². The highest BCUT2D eigenvalue weighted by Crippen LogP contribution is 2.18. The molecular formula is C8H8BrN3O. The number of nitrogens with zero attached hydrogens (tertiary/aromatic N) is 3. The van der Waals surface area contributed by atoms with Gasteiger partial charge < -0.3 is 5.11 Å². The normalized spacial score (nSPS) is 13.5. The van der Waals surface area contributed by atoms with Crippen LogP contribution in [0.2, 0.25) is 0 Å². The topological polar surface area (TPSA) is 50.4 Å². The van der Waals surface area contributed by atoms with Crippen LogP contribution in [0.3, 0.4) is 0 Å². The van der Waals surface area contributed by atoms with Crippen molar-refractivity contribution in [2.75, 3.05) is 0 Å². The van der Waals surface area contributed by atoms with Gasteiger partial charge in [0.1, 0.15) is 10.3 Å². The first-order valence-corrected chi connectivity index (χ1v) is 4.65. The van der Waals surface area contributed by atoms with E-state index in [1.165, 1.54) is 0 Å². The van der Waals surface area contributed by atoms with Crippen LogP contribution >= 0.6 is 15.9 Å². The minimum Gasteiger partial charge on any atom is -0.387 e. The van der Waals surface area contributed by atoms with Crippen molar-refractivity contribution in [2.24, 2.45) is 0 Å². The van der Waals surface area contributed by atoms with Gasteiger partial charge in [-0.3, -0.25) is 9.38 Å². The van der Waals surface area contributed by atoms with Gasteiger partial charge in [0.15, 0.2) is 5.65 Å². The number of aliphatic hydroxyl groups excluding tert-OH is 1. The molecule has 2 rings (SSSR count). The minimum absolute atomic E-state index is 0.591. The SMILES string of the molecule is CC(O)c1nccn2c(Br)cnc12. The summed E-state index contributed by atoms with van der Waals surface area (Å²) in [6.07, 6.45) is 4.51. The molecule has 0 aliphatic heterocycles. The highest BCUT2D eigenvalue weighted by molar-refractivity contribution is 9.10. The summed E-state index contributed by atoms with van der Waals surface area (Å²) in [5, 5.41) is 9.40. The fourth-order valence-corrected chi connectivity index (χ4v) is 1.59. The molecule has 0 saturated carbocycles. The van der Waals surface area contributed by atoms with Crippen LogP contribution in [0.5, 0.6) is 0 Å². The number of imidazole rings is 1. The molecule has 0 fully saturated rings. The molecule has 13 heavy (non-hydrogen) atoms. The quantitative estimate of drug-likeness (QED) is 0.825. The van der Waals surface area contributed by atoms with Crippen molar-refractivity contribution in [1.82, 2.24) is 14.4 Å². The number of aromatic nitrogens is 3. The van der Waals surface area contributed by atoms with Crippen molar-refractivity contribution < 1.29 is 5.11 Å². The van der Waals surface area contributed by atoms with E-state index in [4.69, 9.17) is 0 Å². The molecule has 2 aromatic rings. The van der Waals surface area contributed by atoms with Gasteiger partial charge in [0.25, 0.3) is 0 Å². The molecular weight excluding hydrogens is 234 g/mol. The smallest absolute Gasteiger partial charge is 0.162 e. The fourth-order valence-electron chi connectivity index (χ4n) is 1.20. The summed E-state index contributed by atoms with van der Waals surface area (Å²) >= 11 is 3.34. The average molecular weight is 242 g/mol. The van der Waals surface area contributed by atoms with Crippen LogP contribution in [0.1, 0.15) is 18.7 Å². The van der Waals surface area contributed by atoms with Crippen molar-refractivity contribution >= 4 is 21.6 Å². The first-order valence-electron chi connectivity index (χ1n) is 3.85. The summed E-state index contributed by atoms with van der Waals surface area (Å²) in [7, 11) is 0. The Morgan fingerprint density at radius 2 is 2.31 bits per heavy atom. The maximum absolute atomic E-state index is 9.40. The second kappa shape index (κ2) is 3.08. The Bertz CT molecular complexity index is 438. The molecule has 5 heteroatoms. The van der Waals surface area contributed by atoms with E-state index in [0.717, 1.165) is 4.60 Å². The second-order valence-corrected chi connectivity index (χ2v) is 3.58. The van der Waals surface area contributed by atoms with Crippen molar-refractivity contribution in [1.29, 1.82) is 0 Å². The summed E-state index contributed by atoms with van der Waals surface area (Å²) < 4.78 is 2.68. The molecule has 1 atom stereocenters.